The standard InChI is InChI=1S/C7H13N3O3/c1-4-3-5(11)6(9-10-8)7(12-2)13-4/h4-7,11H,3H2,1-2H3. The lowest BCUT2D eigenvalue weighted by atomic mass is 10.0. The van der Waals surface area contributed by atoms with Crippen LogP contribution in [0, 0.1) is 0 Å². The zero-order valence-corrected chi connectivity index (χ0v) is 7.62. The maximum Gasteiger partial charge on any atom is 0.168 e. The molecule has 74 valence electrons. The van der Waals surface area contributed by atoms with Crippen LogP contribution in [0.2, 0.25) is 0 Å². The van der Waals surface area contributed by atoms with Crippen molar-refractivity contribution in [1.29, 1.82) is 0 Å². The van der Waals surface area contributed by atoms with Gasteiger partial charge >= 0.3 is 0 Å². The maximum atomic E-state index is 9.55. The Morgan fingerprint density at radius 2 is 2.38 bits per heavy atom. The summed E-state index contributed by atoms with van der Waals surface area (Å²) >= 11 is 0. The van der Waals surface area contributed by atoms with Gasteiger partial charge in [-0.3, -0.25) is 0 Å². The molecule has 1 aliphatic heterocycles. The Hall–Kier alpha value is -0.810. The third-order valence-electron chi connectivity index (χ3n) is 2.03. The Balaban J connectivity index is 2.71. The van der Waals surface area contributed by atoms with Crippen LogP contribution in [0.5, 0.6) is 0 Å². The quantitative estimate of drug-likeness (QED) is 0.394. The largest absolute Gasteiger partial charge is 0.392 e. The van der Waals surface area contributed by atoms with Crippen LogP contribution >= 0.6 is 0 Å². The van der Waals surface area contributed by atoms with Gasteiger partial charge in [-0.25, -0.2) is 0 Å². The van der Waals surface area contributed by atoms with Crippen LogP contribution in [0.4, 0.5) is 0 Å². The highest BCUT2D eigenvalue weighted by Crippen LogP contribution is 2.23. The predicted molar refractivity (Wildman–Crippen MR) is 44.9 cm³/mol. The second kappa shape index (κ2) is 4.43. The predicted octanol–water partition coefficient (Wildman–Crippen LogP) is 0.807. The molecule has 0 aromatic rings. The molecule has 0 amide bonds. The molecule has 1 N–H and O–H groups in total. The number of aliphatic hydroxyl groups is 1. The summed E-state index contributed by atoms with van der Waals surface area (Å²) in [5.74, 6) is 0. The number of rotatable bonds is 2. The average Bonchev–Trinajstić information content (AvgIpc) is 2.09. The van der Waals surface area contributed by atoms with Gasteiger partial charge in [0.25, 0.3) is 0 Å². The topological polar surface area (TPSA) is 87.5 Å². The number of ether oxygens (including phenoxy) is 2. The van der Waals surface area contributed by atoms with Gasteiger partial charge in [-0.2, -0.15) is 0 Å². The number of aliphatic hydroxyl groups excluding tert-OH is 1. The van der Waals surface area contributed by atoms with E-state index in [2.05, 4.69) is 10.0 Å². The van der Waals surface area contributed by atoms with Gasteiger partial charge < -0.3 is 14.6 Å². The van der Waals surface area contributed by atoms with Crippen LogP contribution in [-0.4, -0.2) is 36.8 Å². The Kier molecular flexibility index (Phi) is 3.50. The van der Waals surface area contributed by atoms with Gasteiger partial charge in [0.05, 0.1) is 12.2 Å². The molecule has 1 aliphatic rings. The van der Waals surface area contributed by atoms with Crippen LogP contribution in [0.15, 0.2) is 5.11 Å². The molecule has 13 heavy (non-hydrogen) atoms. The fourth-order valence-electron chi connectivity index (χ4n) is 1.41. The third kappa shape index (κ3) is 2.32. The van der Waals surface area contributed by atoms with Gasteiger partial charge in [-0.15, -0.1) is 0 Å². The number of hydrogen-bond acceptors (Lipinski definition) is 4. The zero-order chi connectivity index (χ0) is 9.84. The molecule has 0 saturated carbocycles. The van der Waals surface area contributed by atoms with Crippen LogP contribution in [0.3, 0.4) is 0 Å². The van der Waals surface area contributed by atoms with E-state index in [1.165, 1.54) is 7.11 Å². The molecule has 6 nitrogen and oxygen atoms in total. The first-order chi connectivity index (χ1) is 6.19. The molecule has 0 spiro atoms. The van der Waals surface area contributed by atoms with Gasteiger partial charge in [0, 0.05) is 12.0 Å². The van der Waals surface area contributed by atoms with Crippen LogP contribution in [0.1, 0.15) is 13.3 Å². The number of hydrogen-bond donors (Lipinski definition) is 1. The smallest absolute Gasteiger partial charge is 0.168 e. The molecule has 1 rings (SSSR count). The van der Waals surface area contributed by atoms with E-state index >= 15 is 0 Å². The van der Waals surface area contributed by atoms with Gasteiger partial charge in [-0.1, -0.05) is 5.11 Å². The second-order valence-electron chi connectivity index (χ2n) is 3.05. The third-order valence-corrected chi connectivity index (χ3v) is 2.03. The fraction of sp³-hybridized carbons (Fsp3) is 1.00. The highest BCUT2D eigenvalue weighted by molar-refractivity contribution is 4.85. The van der Waals surface area contributed by atoms with Crippen molar-refractivity contribution >= 4 is 0 Å². The van der Waals surface area contributed by atoms with E-state index < -0.39 is 18.4 Å². The van der Waals surface area contributed by atoms with Gasteiger partial charge in [-0.05, 0) is 18.9 Å². The minimum Gasteiger partial charge on any atom is -0.392 e. The van der Waals surface area contributed by atoms with Gasteiger partial charge in [0.1, 0.15) is 6.04 Å². The van der Waals surface area contributed by atoms with E-state index in [1.54, 1.807) is 0 Å². The minimum atomic E-state index is -0.690. The van der Waals surface area contributed by atoms with E-state index in [9.17, 15) is 5.11 Å². The van der Waals surface area contributed by atoms with Crippen molar-refractivity contribution in [2.75, 3.05) is 7.11 Å². The molecule has 0 aromatic carbocycles. The molecule has 4 unspecified atom stereocenters. The number of azide groups is 1. The van der Waals surface area contributed by atoms with Crippen molar-refractivity contribution in [2.45, 2.75) is 37.9 Å². The van der Waals surface area contributed by atoms with Crippen LogP contribution in [0.25, 0.3) is 10.4 Å². The molecule has 1 saturated heterocycles. The van der Waals surface area contributed by atoms with Crippen LogP contribution in [-0.2, 0) is 9.47 Å². The zero-order valence-electron chi connectivity index (χ0n) is 7.62. The molecule has 1 fully saturated rings. The monoisotopic (exact) mass is 187 g/mol. The van der Waals surface area contributed by atoms with Gasteiger partial charge in [0.15, 0.2) is 6.29 Å². The maximum absolute atomic E-state index is 9.55. The average molecular weight is 187 g/mol. The lowest BCUT2D eigenvalue weighted by molar-refractivity contribution is -0.209. The summed E-state index contributed by atoms with van der Waals surface area (Å²) in [4.78, 5) is 2.64. The van der Waals surface area contributed by atoms with E-state index in [1.807, 2.05) is 6.92 Å². The lowest BCUT2D eigenvalue weighted by Gasteiger charge is -2.35. The first-order valence-electron chi connectivity index (χ1n) is 4.09. The van der Waals surface area contributed by atoms with E-state index in [0.717, 1.165) is 0 Å². The Bertz CT molecular complexity index is 217. The molecule has 0 bridgehead atoms. The number of nitrogens with zero attached hydrogens (tertiary/aromatic N) is 3. The number of methoxy groups -OCH3 is 1. The van der Waals surface area contributed by atoms with E-state index in [-0.39, 0.29) is 6.10 Å². The highest BCUT2D eigenvalue weighted by atomic mass is 16.7. The summed E-state index contributed by atoms with van der Waals surface area (Å²) in [6.07, 6.45) is -0.951. The van der Waals surface area contributed by atoms with Crippen molar-refractivity contribution in [1.82, 2.24) is 0 Å². The Morgan fingerprint density at radius 1 is 1.69 bits per heavy atom. The molecule has 0 aromatic heterocycles. The van der Waals surface area contributed by atoms with Crippen molar-refractivity contribution in [2.24, 2.45) is 5.11 Å². The first-order valence-corrected chi connectivity index (χ1v) is 4.09. The van der Waals surface area contributed by atoms with Crippen LogP contribution < -0.4 is 0 Å². The summed E-state index contributed by atoms with van der Waals surface area (Å²) < 4.78 is 10.3. The first kappa shape index (κ1) is 10.3. The normalized spacial score (nSPS) is 39.6. The molecule has 6 heteroatoms. The molecular formula is C7H13N3O3. The van der Waals surface area contributed by atoms with Crippen molar-refractivity contribution in [3.05, 3.63) is 10.4 Å². The summed E-state index contributed by atoms with van der Waals surface area (Å²) in [7, 11) is 1.45. The van der Waals surface area contributed by atoms with Crippen molar-refractivity contribution < 1.29 is 14.6 Å². The molecule has 0 aliphatic carbocycles. The molecule has 0 radical (unpaired) electrons. The fourth-order valence-corrected chi connectivity index (χ4v) is 1.41. The van der Waals surface area contributed by atoms with E-state index in [4.69, 9.17) is 15.0 Å². The Labute approximate surface area is 76.1 Å². The summed E-state index contributed by atoms with van der Waals surface area (Å²) in [5, 5.41) is 13.0. The highest BCUT2D eigenvalue weighted by Gasteiger charge is 2.35. The molecule has 1 heterocycles. The molecule has 4 atom stereocenters. The summed E-state index contributed by atoms with van der Waals surface area (Å²) in [6.45, 7) is 1.83. The Morgan fingerprint density at radius 3 is 2.92 bits per heavy atom. The summed E-state index contributed by atoms with van der Waals surface area (Å²) in [5.41, 5.74) is 8.25. The SMILES string of the molecule is COC1OC(C)CC(O)C1N=[N+]=[N-]. The van der Waals surface area contributed by atoms with Gasteiger partial charge in [0.2, 0.25) is 0 Å². The second-order valence-corrected chi connectivity index (χ2v) is 3.05. The lowest BCUT2D eigenvalue weighted by Crippen LogP contribution is -2.47. The van der Waals surface area contributed by atoms with E-state index in [0.29, 0.717) is 6.42 Å². The molecular weight excluding hydrogens is 174 g/mol. The van der Waals surface area contributed by atoms with Crippen molar-refractivity contribution in [3.8, 4) is 0 Å². The minimum absolute atomic E-state index is 0.0786. The van der Waals surface area contributed by atoms with Crippen molar-refractivity contribution in [3.63, 3.8) is 0 Å². The summed E-state index contributed by atoms with van der Waals surface area (Å²) in [6, 6.07) is -0.647.